The summed E-state index contributed by atoms with van der Waals surface area (Å²) in [6.45, 7) is 3.19. The molecule has 1 aliphatic rings. The highest BCUT2D eigenvalue weighted by atomic mass is 19.1. The number of nitrogens with zero attached hydrogens (tertiary/aromatic N) is 1. The van der Waals surface area contributed by atoms with Crippen molar-refractivity contribution in [3.8, 4) is 0 Å². The van der Waals surface area contributed by atoms with Gasteiger partial charge < -0.3 is 10.2 Å². The van der Waals surface area contributed by atoms with E-state index in [1.165, 1.54) is 12.1 Å². The van der Waals surface area contributed by atoms with E-state index < -0.39 is 0 Å². The summed E-state index contributed by atoms with van der Waals surface area (Å²) in [4.78, 5) is 27.3. The summed E-state index contributed by atoms with van der Waals surface area (Å²) < 4.78 is 13.0. The molecule has 5 heteroatoms. The van der Waals surface area contributed by atoms with E-state index in [0.29, 0.717) is 17.7 Å². The van der Waals surface area contributed by atoms with Crippen LogP contribution in [-0.4, -0.2) is 29.3 Å². The van der Waals surface area contributed by atoms with Crippen LogP contribution in [0.1, 0.15) is 58.9 Å². The molecule has 0 radical (unpaired) electrons. The van der Waals surface area contributed by atoms with Crippen LogP contribution in [0.25, 0.3) is 0 Å². The predicted octanol–water partition coefficient (Wildman–Crippen LogP) is 4.16. The Morgan fingerprint density at radius 3 is 2.59 bits per heavy atom. The molecule has 0 spiro atoms. The van der Waals surface area contributed by atoms with E-state index in [2.05, 4.69) is 12.2 Å². The lowest BCUT2D eigenvalue weighted by Crippen LogP contribution is -2.43. The van der Waals surface area contributed by atoms with Crippen LogP contribution in [0, 0.1) is 5.82 Å². The van der Waals surface area contributed by atoms with Gasteiger partial charge in [0, 0.05) is 30.3 Å². The zero-order chi connectivity index (χ0) is 19.2. The zero-order valence-corrected chi connectivity index (χ0v) is 15.6. The molecule has 2 amide bonds. The second-order valence-electron chi connectivity index (χ2n) is 6.95. The fraction of sp³-hybridized carbons (Fsp3) is 0.364. The van der Waals surface area contributed by atoms with Crippen LogP contribution in [-0.2, 0) is 6.54 Å². The Morgan fingerprint density at radius 2 is 1.85 bits per heavy atom. The quantitative estimate of drug-likeness (QED) is 0.861. The third kappa shape index (κ3) is 4.73. The molecule has 1 saturated heterocycles. The molecule has 1 N–H and O–H groups in total. The lowest BCUT2D eigenvalue weighted by molar-refractivity contribution is 0.0608. The van der Waals surface area contributed by atoms with Gasteiger partial charge in [-0.1, -0.05) is 25.1 Å². The van der Waals surface area contributed by atoms with Gasteiger partial charge in [0.2, 0.25) is 0 Å². The first-order valence-electron chi connectivity index (χ1n) is 9.52. The first-order chi connectivity index (χ1) is 13.1. The average molecular weight is 368 g/mol. The van der Waals surface area contributed by atoms with Crippen molar-refractivity contribution in [3.05, 3.63) is 71.0 Å². The van der Waals surface area contributed by atoms with Gasteiger partial charge in [-0.2, -0.15) is 0 Å². The Labute approximate surface area is 159 Å². The summed E-state index contributed by atoms with van der Waals surface area (Å²) in [7, 11) is 0. The maximum atomic E-state index is 13.0. The molecule has 0 bridgehead atoms. The monoisotopic (exact) mass is 368 g/mol. The van der Waals surface area contributed by atoms with Gasteiger partial charge in [0.1, 0.15) is 5.82 Å². The molecule has 0 aliphatic carbocycles. The molecule has 1 aliphatic heterocycles. The maximum absolute atomic E-state index is 13.0. The molecule has 2 aromatic carbocycles. The van der Waals surface area contributed by atoms with Crippen LogP contribution < -0.4 is 5.32 Å². The van der Waals surface area contributed by atoms with Crippen LogP contribution in [0.15, 0.2) is 48.5 Å². The standard InChI is InChI=1S/C22H25FN2O2/c1-2-20-8-3-4-13-25(20)22(27)18-7-5-6-17(14-18)21(26)24-15-16-9-11-19(23)12-10-16/h5-7,9-12,14,20H,2-4,8,13,15H2,1H3,(H,24,26). The van der Waals surface area contributed by atoms with E-state index in [4.69, 9.17) is 0 Å². The Kier molecular flexibility index (Phi) is 6.22. The van der Waals surface area contributed by atoms with Crippen LogP contribution in [0.5, 0.6) is 0 Å². The Morgan fingerprint density at radius 1 is 1.11 bits per heavy atom. The Balaban J connectivity index is 1.67. The summed E-state index contributed by atoms with van der Waals surface area (Å²) in [5, 5.41) is 2.81. The molecule has 1 heterocycles. The van der Waals surface area contributed by atoms with E-state index in [1.807, 2.05) is 4.90 Å². The average Bonchev–Trinajstić information content (AvgIpc) is 2.72. The van der Waals surface area contributed by atoms with Gasteiger partial charge in [-0.05, 0) is 61.6 Å². The minimum absolute atomic E-state index is 0.00488. The van der Waals surface area contributed by atoms with Gasteiger partial charge in [0.25, 0.3) is 11.8 Å². The number of benzene rings is 2. The summed E-state index contributed by atoms with van der Waals surface area (Å²) in [6, 6.07) is 13.1. The number of hydrogen-bond donors (Lipinski definition) is 1. The largest absolute Gasteiger partial charge is 0.348 e. The highest BCUT2D eigenvalue weighted by molar-refractivity contribution is 5.99. The maximum Gasteiger partial charge on any atom is 0.254 e. The highest BCUT2D eigenvalue weighted by Crippen LogP contribution is 2.22. The molecule has 1 fully saturated rings. The van der Waals surface area contributed by atoms with Crippen LogP contribution in [0.3, 0.4) is 0 Å². The Hall–Kier alpha value is -2.69. The van der Waals surface area contributed by atoms with Gasteiger partial charge in [0.15, 0.2) is 0 Å². The molecular formula is C22H25FN2O2. The Bertz CT molecular complexity index is 804. The van der Waals surface area contributed by atoms with Crippen LogP contribution in [0.2, 0.25) is 0 Å². The van der Waals surface area contributed by atoms with Crippen molar-refractivity contribution in [1.82, 2.24) is 10.2 Å². The van der Waals surface area contributed by atoms with Crippen molar-refractivity contribution in [2.24, 2.45) is 0 Å². The fourth-order valence-corrected chi connectivity index (χ4v) is 3.54. The third-order valence-electron chi connectivity index (χ3n) is 5.10. The van der Waals surface area contributed by atoms with Crippen molar-refractivity contribution in [2.45, 2.75) is 45.2 Å². The number of halogens is 1. The van der Waals surface area contributed by atoms with Crippen molar-refractivity contribution >= 4 is 11.8 Å². The number of hydrogen-bond acceptors (Lipinski definition) is 2. The molecule has 1 unspecified atom stereocenters. The van der Waals surface area contributed by atoms with Gasteiger partial charge in [-0.3, -0.25) is 9.59 Å². The SMILES string of the molecule is CCC1CCCCN1C(=O)c1cccc(C(=O)NCc2ccc(F)cc2)c1. The highest BCUT2D eigenvalue weighted by Gasteiger charge is 2.26. The molecule has 27 heavy (non-hydrogen) atoms. The summed E-state index contributed by atoms with van der Waals surface area (Å²) >= 11 is 0. The normalized spacial score (nSPS) is 16.8. The van der Waals surface area contributed by atoms with Crippen LogP contribution in [0.4, 0.5) is 4.39 Å². The molecule has 2 aromatic rings. The number of rotatable bonds is 5. The van der Waals surface area contributed by atoms with Crippen molar-refractivity contribution in [1.29, 1.82) is 0 Å². The molecule has 4 nitrogen and oxygen atoms in total. The topological polar surface area (TPSA) is 49.4 Å². The minimum atomic E-state index is -0.306. The van der Waals surface area contributed by atoms with E-state index in [1.54, 1.807) is 36.4 Å². The molecule has 1 atom stereocenters. The lowest BCUT2D eigenvalue weighted by atomic mass is 9.98. The van der Waals surface area contributed by atoms with Gasteiger partial charge in [-0.15, -0.1) is 0 Å². The fourth-order valence-electron chi connectivity index (χ4n) is 3.54. The molecule has 142 valence electrons. The van der Waals surface area contributed by atoms with Gasteiger partial charge in [0.05, 0.1) is 0 Å². The smallest absolute Gasteiger partial charge is 0.254 e. The molecule has 3 rings (SSSR count). The summed E-state index contributed by atoms with van der Waals surface area (Å²) in [6.07, 6.45) is 4.18. The molecular weight excluding hydrogens is 343 g/mol. The third-order valence-corrected chi connectivity index (χ3v) is 5.10. The van der Waals surface area contributed by atoms with Crippen molar-refractivity contribution in [3.63, 3.8) is 0 Å². The predicted molar refractivity (Wildman–Crippen MR) is 103 cm³/mol. The summed E-state index contributed by atoms with van der Waals surface area (Å²) in [5.41, 5.74) is 1.81. The van der Waals surface area contributed by atoms with E-state index in [9.17, 15) is 14.0 Å². The number of nitrogens with one attached hydrogen (secondary N) is 1. The molecule has 0 saturated carbocycles. The summed E-state index contributed by atoms with van der Waals surface area (Å²) in [5.74, 6) is -0.561. The second kappa shape index (κ2) is 8.80. The lowest BCUT2D eigenvalue weighted by Gasteiger charge is -2.35. The van der Waals surface area contributed by atoms with Gasteiger partial charge >= 0.3 is 0 Å². The van der Waals surface area contributed by atoms with Crippen molar-refractivity contribution < 1.29 is 14.0 Å². The van der Waals surface area contributed by atoms with E-state index in [0.717, 1.165) is 37.8 Å². The molecule has 0 aromatic heterocycles. The van der Waals surface area contributed by atoms with E-state index in [-0.39, 0.29) is 23.7 Å². The van der Waals surface area contributed by atoms with E-state index >= 15 is 0 Å². The number of carbonyl (C=O) groups is 2. The van der Waals surface area contributed by atoms with Crippen molar-refractivity contribution in [2.75, 3.05) is 6.54 Å². The first-order valence-corrected chi connectivity index (χ1v) is 9.52. The minimum Gasteiger partial charge on any atom is -0.348 e. The zero-order valence-electron chi connectivity index (χ0n) is 15.6. The second-order valence-corrected chi connectivity index (χ2v) is 6.95. The number of carbonyl (C=O) groups excluding carboxylic acids is 2. The van der Waals surface area contributed by atoms with Crippen LogP contribution >= 0.6 is 0 Å². The number of piperidine rings is 1. The first kappa shape index (κ1) is 19.1. The number of amides is 2. The van der Waals surface area contributed by atoms with Gasteiger partial charge in [-0.25, -0.2) is 4.39 Å². The number of likely N-dealkylation sites (tertiary alicyclic amines) is 1.